The van der Waals surface area contributed by atoms with Crippen LogP contribution in [0.2, 0.25) is 5.02 Å². The minimum atomic E-state index is 0.527. The first-order valence-electron chi connectivity index (χ1n) is 7.79. The van der Waals surface area contributed by atoms with Crippen LogP contribution in [0.1, 0.15) is 24.8 Å². The predicted molar refractivity (Wildman–Crippen MR) is 85.7 cm³/mol. The molecular formula is C16H24ClN3. The molecule has 20 heavy (non-hydrogen) atoms. The van der Waals surface area contributed by atoms with Crippen LogP contribution in [0.15, 0.2) is 18.2 Å². The van der Waals surface area contributed by atoms with Crippen molar-refractivity contribution >= 4 is 17.3 Å². The lowest BCUT2D eigenvalue weighted by atomic mass is 9.98. The molecule has 4 heteroatoms. The molecule has 0 amide bonds. The summed E-state index contributed by atoms with van der Waals surface area (Å²) in [4.78, 5) is 2.55. The SMILES string of the molecule is Clc1ccc2c(c1)NC(CNCCN1CCCC1)CC2. The molecule has 1 aromatic rings. The second kappa shape index (κ2) is 6.79. The van der Waals surface area contributed by atoms with E-state index < -0.39 is 0 Å². The molecule has 1 unspecified atom stereocenters. The first-order valence-corrected chi connectivity index (χ1v) is 8.17. The van der Waals surface area contributed by atoms with Crippen LogP contribution in [-0.4, -0.2) is 43.7 Å². The minimum Gasteiger partial charge on any atom is -0.381 e. The van der Waals surface area contributed by atoms with Crippen LogP contribution >= 0.6 is 11.6 Å². The number of likely N-dealkylation sites (tertiary alicyclic amines) is 1. The fourth-order valence-electron chi connectivity index (χ4n) is 3.20. The Kier molecular flexibility index (Phi) is 4.81. The number of fused-ring (bicyclic) bond motifs is 1. The third kappa shape index (κ3) is 3.66. The minimum absolute atomic E-state index is 0.527. The van der Waals surface area contributed by atoms with Gasteiger partial charge in [0.2, 0.25) is 0 Å². The monoisotopic (exact) mass is 293 g/mol. The molecule has 0 saturated carbocycles. The van der Waals surface area contributed by atoms with Crippen LogP contribution in [0, 0.1) is 0 Å². The lowest BCUT2D eigenvalue weighted by Gasteiger charge is -2.27. The van der Waals surface area contributed by atoms with Crippen LogP contribution in [0.5, 0.6) is 0 Å². The molecule has 1 saturated heterocycles. The molecule has 1 atom stereocenters. The van der Waals surface area contributed by atoms with Crippen molar-refractivity contribution in [3.05, 3.63) is 28.8 Å². The maximum absolute atomic E-state index is 6.06. The van der Waals surface area contributed by atoms with E-state index in [0.29, 0.717) is 6.04 Å². The van der Waals surface area contributed by atoms with E-state index in [9.17, 15) is 0 Å². The highest BCUT2D eigenvalue weighted by molar-refractivity contribution is 6.30. The number of benzene rings is 1. The Hall–Kier alpha value is -0.770. The van der Waals surface area contributed by atoms with Crippen molar-refractivity contribution in [3.63, 3.8) is 0 Å². The van der Waals surface area contributed by atoms with Gasteiger partial charge in [0.05, 0.1) is 0 Å². The van der Waals surface area contributed by atoms with Gasteiger partial charge in [-0.1, -0.05) is 17.7 Å². The van der Waals surface area contributed by atoms with Crippen LogP contribution in [-0.2, 0) is 6.42 Å². The molecule has 0 bridgehead atoms. The smallest absolute Gasteiger partial charge is 0.0426 e. The lowest BCUT2D eigenvalue weighted by Crippen LogP contribution is -2.39. The van der Waals surface area contributed by atoms with E-state index in [0.717, 1.165) is 24.5 Å². The molecule has 2 heterocycles. The van der Waals surface area contributed by atoms with Gasteiger partial charge in [0, 0.05) is 36.4 Å². The van der Waals surface area contributed by atoms with Gasteiger partial charge in [-0.15, -0.1) is 0 Å². The van der Waals surface area contributed by atoms with Crippen molar-refractivity contribution in [2.75, 3.05) is 38.0 Å². The van der Waals surface area contributed by atoms with Gasteiger partial charge in [-0.25, -0.2) is 0 Å². The van der Waals surface area contributed by atoms with Crippen LogP contribution in [0.3, 0.4) is 0 Å². The Labute approximate surface area is 126 Å². The van der Waals surface area contributed by atoms with Crippen molar-refractivity contribution in [1.29, 1.82) is 0 Å². The first-order chi connectivity index (χ1) is 9.81. The normalized spacial score (nSPS) is 22.6. The van der Waals surface area contributed by atoms with Crippen LogP contribution in [0.25, 0.3) is 0 Å². The molecule has 0 aromatic heterocycles. The van der Waals surface area contributed by atoms with Gasteiger partial charge in [0.15, 0.2) is 0 Å². The van der Waals surface area contributed by atoms with Gasteiger partial charge in [0.1, 0.15) is 0 Å². The van der Waals surface area contributed by atoms with E-state index in [4.69, 9.17) is 11.6 Å². The van der Waals surface area contributed by atoms with E-state index >= 15 is 0 Å². The largest absolute Gasteiger partial charge is 0.381 e. The number of aryl methyl sites for hydroxylation is 1. The van der Waals surface area contributed by atoms with Crippen molar-refractivity contribution in [3.8, 4) is 0 Å². The zero-order chi connectivity index (χ0) is 13.8. The fourth-order valence-corrected chi connectivity index (χ4v) is 3.37. The van der Waals surface area contributed by atoms with Crippen molar-refractivity contribution in [1.82, 2.24) is 10.2 Å². The molecule has 3 nitrogen and oxygen atoms in total. The highest BCUT2D eigenvalue weighted by atomic mass is 35.5. The van der Waals surface area contributed by atoms with Gasteiger partial charge < -0.3 is 15.5 Å². The topological polar surface area (TPSA) is 27.3 Å². The van der Waals surface area contributed by atoms with E-state index in [-0.39, 0.29) is 0 Å². The van der Waals surface area contributed by atoms with Crippen molar-refractivity contribution in [2.45, 2.75) is 31.7 Å². The molecule has 2 aliphatic rings. The molecule has 1 fully saturated rings. The maximum Gasteiger partial charge on any atom is 0.0426 e. The quantitative estimate of drug-likeness (QED) is 0.818. The van der Waals surface area contributed by atoms with Gasteiger partial charge in [-0.05, 0) is 56.5 Å². The highest BCUT2D eigenvalue weighted by Crippen LogP contribution is 2.27. The van der Waals surface area contributed by atoms with E-state index in [1.54, 1.807) is 0 Å². The Balaban J connectivity index is 1.41. The Morgan fingerprint density at radius 1 is 1.30 bits per heavy atom. The van der Waals surface area contributed by atoms with Crippen molar-refractivity contribution < 1.29 is 0 Å². The fraction of sp³-hybridized carbons (Fsp3) is 0.625. The summed E-state index contributed by atoms with van der Waals surface area (Å²) < 4.78 is 0. The average Bonchev–Trinajstić information content (AvgIpc) is 2.96. The molecule has 0 radical (unpaired) electrons. The van der Waals surface area contributed by atoms with Gasteiger partial charge >= 0.3 is 0 Å². The van der Waals surface area contributed by atoms with E-state index in [1.807, 2.05) is 12.1 Å². The van der Waals surface area contributed by atoms with Crippen LogP contribution < -0.4 is 10.6 Å². The number of nitrogens with one attached hydrogen (secondary N) is 2. The summed E-state index contributed by atoms with van der Waals surface area (Å²) in [5.41, 5.74) is 2.61. The molecule has 0 spiro atoms. The number of nitrogens with zero attached hydrogens (tertiary/aromatic N) is 1. The molecule has 3 rings (SSSR count). The summed E-state index contributed by atoms with van der Waals surface area (Å²) in [6.07, 6.45) is 5.10. The summed E-state index contributed by atoms with van der Waals surface area (Å²) >= 11 is 6.06. The summed E-state index contributed by atoms with van der Waals surface area (Å²) in [6, 6.07) is 6.70. The zero-order valence-corrected chi connectivity index (χ0v) is 12.8. The number of hydrogen-bond donors (Lipinski definition) is 2. The molecule has 0 aliphatic carbocycles. The Bertz CT molecular complexity index is 443. The Morgan fingerprint density at radius 3 is 3.00 bits per heavy atom. The van der Waals surface area contributed by atoms with Crippen LogP contribution in [0.4, 0.5) is 5.69 Å². The zero-order valence-electron chi connectivity index (χ0n) is 12.0. The third-order valence-electron chi connectivity index (χ3n) is 4.39. The lowest BCUT2D eigenvalue weighted by molar-refractivity contribution is 0.334. The number of rotatable bonds is 5. The molecule has 1 aromatic carbocycles. The molecule has 2 N–H and O–H groups in total. The number of anilines is 1. The highest BCUT2D eigenvalue weighted by Gasteiger charge is 2.17. The predicted octanol–water partition coefficient (Wildman–Crippen LogP) is 2.75. The summed E-state index contributed by atoms with van der Waals surface area (Å²) in [7, 11) is 0. The first kappa shape index (κ1) is 14.2. The van der Waals surface area contributed by atoms with Gasteiger partial charge in [-0.2, -0.15) is 0 Å². The molecular weight excluding hydrogens is 270 g/mol. The van der Waals surface area contributed by atoms with Crippen molar-refractivity contribution in [2.24, 2.45) is 0 Å². The summed E-state index contributed by atoms with van der Waals surface area (Å²) in [6.45, 7) is 5.90. The molecule has 2 aliphatic heterocycles. The standard InChI is InChI=1S/C16H24ClN3/c17-14-5-3-13-4-6-15(19-16(13)11-14)12-18-7-10-20-8-1-2-9-20/h3,5,11,15,18-19H,1-2,4,6-10,12H2. The number of hydrogen-bond acceptors (Lipinski definition) is 3. The summed E-state index contributed by atoms with van der Waals surface area (Å²) in [5.74, 6) is 0. The third-order valence-corrected chi connectivity index (χ3v) is 4.62. The Morgan fingerprint density at radius 2 is 2.15 bits per heavy atom. The van der Waals surface area contributed by atoms with Gasteiger partial charge in [-0.3, -0.25) is 0 Å². The van der Waals surface area contributed by atoms with E-state index in [2.05, 4.69) is 21.6 Å². The second-order valence-electron chi connectivity index (χ2n) is 5.93. The van der Waals surface area contributed by atoms with E-state index in [1.165, 1.54) is 50.1 Å². The average molecular weight is 294 g/mol. The van der Waals surface area contributed by atoms with Gasteiger partial charge in [0.25, 0.3) is 0 Å². The molecule has 110 valence electrons. The maximum atomic E-state index is 6.06. The summed E-state index contributed by atoms with van der Waals surface area (Å²) in [5, 5.41) is 8.01. The second-order valence-corrected chi connectivity index (χ2v) is 6.37. The number of halogens is 1.